The SMILES string of the molecule is CN(Cc1noc(C2CC2)n1)[C@H]1CCN(Cc2ccncc2)C1. The summed E-state index contributed by atoms with van der Waals surface area (Å²) in [6.45, 7) is 3.99. The average molecular weight is 313 g/mol. The van der Waals surface area contributed by atoms with E-state index in [0.717, 1.165) is 37.9 Å². The Morgan fingerprint density at radius 1 is 1.26 bits per heavy atom. The van der Waals surface area contributed by atoms with Crippen molar-refractivity contribution in [3.05, 3.63) is 41.8 Å². The summed E-state index contributed by atoms with van der Waals surface area (Å²) in [7, 11) is 2.16. The minimum absolute atomic E-state index is 0.531. The van der Waals surface area contributed by atoms with Crippen LogP contribution in [0.1, 0.15) is 42.5 Å². The highest BCUT2D eigenvalue weighted by Gasteiger charge is 2.30. The van der Waals surface area contributed by atoms with E-state index in [1.165, 1.54) is 24.8 Å². The summed E-state index contributed by atoms with van der Waals surface area (Å²) < 4.78 is 5.35. The molecule has 0 radical (unpaired) electrons. The molecule has 1 saturated carbocycles. The summed E-state index contributed by atoms with van der Waals surface area (Å²) in [6, 6.07) is 4.74. The van der Waals surface area contributed by atoms with E-state index >= 15 is 0 Å². The molecule has 0 amide bonds. The van der Waals surface area contributed by atoms with Gasteiger partial charge in [-0.3, -0.25) is 14.8 Å². The Kier molecular flexibility index (Phi) is 4.10. The fourth-order valence-electron chi connectivity index (χ4n) is 3.24. The molecule has 0 spiro atoms. The first-order valence-electron chi connectivity index (χ1n) is 8.42. The van der Waals surface area contributed by atoms with Crippen LogP contribution in [0.3, 0.4) is 0 Å². The largest absolute Gasteiger partial charge is 0.339 e. The molecule has 0 aromatic carbocycles. The van der Waals surface area contributed by atoms with Crippen LogP contribution in [-0.4, -0.2) is 51.1 Å². The maximum absolute atomic E-state index is 5.35. The van der Waals surface area contributed by atoms with Crippen molar-refractivity contribution >= 4 is 0 Å². The standard InChI is InChI=1S/C17H23N5O/c1-21(12-16-19-17(23-20-16)14-2-3-14)15-6-9-22(11-15)10-13-4-7-18-8-5-13/h4-5,7-8,14-15H,2-3,6,9-12H2,1H3/t15-/m0/s1. The van der Waals surface area contributed by atoms with E-state index in [0.29, 0.717) is 12.0 Å². The van der Waals surface area contributed by atoms with Crippen molar-refractivity contribution in [1.29, 1.82) is 0 Å². The van der Waals surface area contributed by atoms with Crippen molar-refractivity contribution < 1.29 is 4.52 Å². The van der Waals surface area contributed by atoms with Gasteiger partial charge in [0.05, 0.1) is 6.54 Å². The molecule has 0 unspecified atom stereocenters. The zero-order valence-electron chi connectivity index (χ0n) is 13.6. The molecule has 2 fully saturated rings. The normalized spacial score (nSPS) is 22.1. The van der Waals surface area contributed by atoms with E-state index < -0.39 is 0 Å². The smallest absolute Gasteiger partial charge is 0.229 e. The number of likely N-dealkylation sites (N-methyl/N-ethyl adjacent to an activating group) is 1. The van der Waals surface area contributed by atoms with Gasteiger partial charge in [0.15, 0.2) is 5.82 Å². The van der Waals surface area contributed by atoms with E-state index in [9.17, 15) is 0 Å². The van der Waals surface area contributed by atoms with Crippen LogP contribution in [0.25, 0.3) is 0 Å². The molecule has 2 aromatic rings. The van der Waals surface area contributed by atoms with Crippen LogP contribution in [0.15, 0.2) is 29.0 Å². The molecule has 6 heteroatoms. The highest BCUT2D eigenvalue weighted by atomic mass is 16.5. The molecule has 0 bridgehead atoms. The van der Waals surface area contributed by atoms with Crippen LogP contribution in [0, 0.1) is 0 Å². The Bertz CT molecular complexity index is 639. The summed E-state index contributed by atoms with van der Waals surface area (Å²) in [4.78, 5) is 13.5. The number of hydrogen-bond acceptors (Lipinski definition) is 6. The van der Waals surface area contributed by atoms with E-state index in [1.54, 1.807) is 0 Å². The predicted octanol–water partition coefficient (Wildman–Crippen LogP) is 2.05. The van der Waals surface area contributed by atoms with Gasteiger partial charge in [0.2, 0.25) is 5.89 Å². The number of likely N-dealkylation sites (tertiary alicyclic amines) is 1. The second-order valence-corrected chi connectivity index (χ2v) is 6.77. The van der Waals surface area contributed by atoms with Crippen molar-refractivity contribution in [2.45, 2.75) is 44.3 Å². The zero-order chi connectivity index (χ0) is 15.6. The van der Waals surface area contributed by atoms with Gasteiger partial charge in [0, 0.05) is 44.0 Å². The summed E-state index contributed by atoms with van der Waals surface area (Å²) in [5.74, 6) is 2.19. The number of pyridine rings is 1. The molecule has 122 valence electrons. The average Bonchev–Trinajstić information content (AvgIpc) is 3.13. The molecule has 23 heavy (non-hydrogen) atoms. The third-order valence-corrected chi connectivity index (χ3v) is 4.83. The van der Waals surface area contributed by atoms with Crippen LogP contribution in [0.5, 0.6) is 0 Å². The van der Waals surface area contributed by atoms with E-state index in [4.69, 9.17) is 4.52 Å². The van der Waals surface area contributed by atoms with Crippen molar-refractivity contribution in [1.82, 2.24) is 24.9 Å². The number of nitrogens with zero attached hydrogens (tertiary/aromatic N) is 5. The first-order valence-corrected chi connectivity index (χ1v) is 8.42. The Balaban J connectivity index is 1.29. The molecule has 1 aliphatic carbocycles. The van der Waals surface area contributed by atoms with Crippen molar-refractivity contribution in [3.8, 4) is 0 Å². The fourth-order valence-corrected chi connectivity index (χ4v) is 3.24. The van der Waals surface area contributed by atoms with Gasteiger partial charge < -0.3 is 4.52 Å². The Labute approximate surface area is 136 Å². The summed E-state index contributed by atoms with van der Waals surface area (Å²) in [5.41, 5.74) is 1.33. The second kappa shape index (κ2) is 6.37. The Hall–Kier alpha value is -1.79. The summed E-state index contributed by atoms with van der Waals surface area (Å²) in [6.07, 6.45) is 7.31. The molecule has 4 rings (SSSR count). The molecule has 1 saturated heterocycles. The lowest BCUT2D eigenvalue weighted by Gasteiger charge is -2.23. The number of aromatic nitrogens is 3. The molecule has 1 aliphatic heterocycles. The Morgan fingerprint density at radius 3 is 2.87 bits per heavy atom. The molecule has 2 aromatic heterocycles. The molecule has 3 heterocycles. The Morgan fingerprint density at radius 2 is 2.09 bits per heavy atom. The molecule has 6 nitrogen and oxygen atoms in total. The molecule has 0 N–H and O–H groups in total. The maximum Gasteiger partial charge on any atom is 0.229 e. The second-order valence-electron chi connectivity index (χ2n) is 6.77. The van der Waals surface area contributed by atoms with Gasteiger partial charge in [0.25, 0.3) is 0 Å². The minimum atomic E-state index is 0.531. The molecular weight excluding hydrogens is 290 g/mol. The van der Waals surface area contributed by atoms with Gasteiger partial charge in [-0.2, -0.15) is 4.98 Å². The van der Waals surface area contributed by atoms with Gasteiger partial charge in [-0.1, -0.05) is 5.16 Å². The van der Waals surface area contributed by atoms with E-state index in [1.807, 2.05) is 12.4 Å². The van der Waals surface area contributed by atoms with Gasteiger partial charge >= 0.3 is 0 Å². The third kappa shape index (κ3) is 3.59. The highest BCUT2D eigenvalue weighted by molar-refractivity contribution is 5.10. The zero-order valence-corrected chi connectivity index (χ0v) is 13.6. The molecular formula is C17H23N5O. The van der Waals surface area contributed by atoms with Gasteiger partial charge in [-0.25, -0.2) is 0 Å². The fraction of sp³-hybridized carbons (Fsp3) is 0.588. The highest BCUT2D eigenvalue weighted by Crippen LogP contribution is 2.38. The summed E-state index contributed by atoms with van der Waals surface area (Å²) in [5, 5.41) is 4.13. The molecule has 2 aliphatic rings. The van der Waals surface area contributed by atoms with E-state index in [2.05, 4.69) is 44.1 Å². The van der Waals surface area contributed by atoms with Crippen LogP contribution in [0.4, 0.5) is 0 Å². The van der Waals surface area contributed by atoms with Crippen LogP contribution in [-0.2, 0) is 13.1 Å². The lowest BCUT2D eigenvalue weighted by atomic mass is 10.2. The summed E-state index contributed by atoms with van der Waals surface area (Å²) >= 11 is 0. The van der Waals surface area contributed by atoms with Crippen LogP contribution < -0.4 is 0 Å². The van der Waals surface area contributed by atoms with Crippen LogP contribution in [0.2, 0.25) is 0 Å². The van der Waals surface area contributed by atoms with Gasteiger partial charge in [0.1, 0.15) is 0 Å². The van der Waals surface area contributed by atoms with Crippen molar-refractivity contribution in [2.75, 3.05) is 20.1 Å². The quantitative estimate of drug-likeness (QED) is 0.813. The number of hydrogen-bond donors (Lipinski definition) is 0. The van der Waals surface area contributed by atoms with Crippen LogP contribution >= 0.6 is 0 Å². The predicted molar refractivity (Wildman–Crippen MR) is 85.7 cm³/mol. The van der Waals surface area contributed by atoms with Crippen molar-refractivity contribution in [2.24, 2.45) is 0 Å². The van der Waals surface area contributed by atoms with Crippen molar-refractivity contribution in [3.63, 3.8) is 0 Å². The molecule has 1 atom stereocenters. The first-order chi connectivity index (χ1) is 11.3. The maximum atomic E-state index is 5.35. The monoisotopic (exact) mass is 313 g/mol. The van der Waals surface area contributed by atoms with E-state index in [-0.39, 0.29) is 0 Å². The lowest BCUT2D eigenvalue weighted by Crippen LogP contribution is -2.34. The lowest BCUT2D eigenvalue weighted by molar-refractivity contribution is 0.216. The topological polar surface area (TPSA) is 58.3 Å². The van der Waals surface area contributed by atoms with Gasteiger partial charge in [-0.15, -0.1) is 0 Å². The minimum Gasteiger partial charge on any atom is -0.339 e. The first kappa shape index (κ1) is 14.8. The third-order valence-electron chi connectivity index (χ3n) is 4.83. The number of rotatable bonds is 6. The van der Waals surface area contributed by atoms with Gasteiger partial charge in [-0.05, 0) is 44.0 Å².